The molecule has 0 spiro atoms. The van der Waals surface area contributed by atoms with Crippen molar-refractivity contribution in [2.45, 2.75) is 114 Å². The molecule has 6 unspecified atom stereocenters. The Morgan fingerprint density at radius 3 is 1.34 bits per heavy atom. The Bertz CT molecular complexity index is 4010. The maximum atomic E-state index is 12.7. The molecule has 19 nitrogen and oxygen atoms in total. The van der Waals surface area contributed by atoms with Gasteiger partial charge in [0.1, 0.15) is 54.4 Å². The minimum Gasteiger partial charge on any atom is -0.405 e. The maximum Gasteiger partial charge on any atom is 0.471 e. The summed E-state index contributed by atoms with van der Waals surface area (Å²) in [5.74, 6) is 6.91. The Morgan fingerprint density at radius 1 is 0.617 bits per heavy atom. The number of hydrogen-bond donors (Lipinski definition) is 5. The van der Waals surface area contributed by atoms with Crippen molar-refractivity contribution in [2.24, 2.45) is 4.99 Å². The van der Waals surface area contributed by atoms with Crippen molar-refractivity contribution in [1.82, 2.24) is 44.6 Å². The van der Waals surface area contributed by atoms with Crippen LogP contribution in [-0.4, -0.2) is 156 Å². The normalized spacial score (nSPS) is 18.6. The van der Waals surface area contributed by atoms with E-state index in [0.717, 1.165) is 20.7 Å². The quantitative estimate of drug-likeness (QED) is 0.0212. The number of aliphatic hydroxyl groups excluding tert-OH is 2. The first-order valence-electron chi connectivity index (χ1n) is 30.1. The average molecular weight is 1330 g/mol. The van der Waals surface area contributed by atoms with E-state index < -0.39 is 90.8 Å². The second-order valence-corrected chi connectivity index (χ2v) is 33.4. The molecular weight excluding hydrogens is 1260 g/mol. The standard InChI is InChI=1S/C35H39F3N6O4Si.C32H34F3N5O4Si/c1-34(2,3)49(25-14-8-6-9-15-25,26-16-10-7-11-17-26)47-21-28-27(45)19-29(48-28)44-20-24(13-12-18-39-33(46)35(36,37)38)30-31(42-23-43(4)5)40-22-41-32(30)44;1-31(2,3)45(22-12-6-4-7-13-22,23-14-8-5-9-15-23)43-19-25-24(41)17-26(44-25)40-18-21(27-28(36)38-20-39-29(27)40)11-10-16-37-30(42)32(33,34)35/h6-11,14-17,20,22-23,27-29,45H,18-19,21H2,1-5H3,(H,39,46);4-9,12-15,18,20,24-26,41H,16-17,19H2,1-3H3,(H,37,42)(H2,36,38,39). The van der Waals surface area contributed by atoms with E-state index >= 15 is 0 Å². The van der Waals surface area contributed by atoms with Crippen molar-refractivity contribution in [3.05, 3.63) is 158 Å². The van der Waals surface area contributed by atoms with Gasteiger partial charge in [0.15, 0.2) is 5.82 Å². The summed E-state index contributed by atoms with van der Waals surface area (Å²) in [5.41, 5.74) is 7.63. The first-order valence-corrected chi connectivity index (χ1v) is 33.9. The Labute approximate surface area is 542 Å². The number of amides is 2. The van der Waals surface area contributed by atoms with Gasteiger partial charge in [0.2, 0.25) is 0 Å². The lowest BCUT2D eigenvalue weighted by atomic mass is 10.2. The molecule has 2 aliphatic heterocycles. The zero-order chi connectivity index (χ0) is 67.8. The number of anilines is 1. The van der Waals surface area contributed by atoms with E-state index in [1.54, 1.807) is 57.5 Å². The number of aromatic nitrogens is 6. The third-order valence-corrected chi connectivity index (χ3v) is 26.1. The highest BCUT2D eigenvalue weighted by molar-refractivity contribution is 7.00. The number of fused-ring (bicyclic) bond motifs is 2. The number of rotatable bonds is 16. The van der Waals surface area contributed by atoms with Gasteiger partial charge in [-0.1, -0.05) is 187 Å². The van der Waals surface area contributed by atoms with Crippen LogP contribution < -0.4 is 37.1 Å². The minimum absolute atomic E-state index is 0.118. The van der Waals surface area contributed by atoms with Crippen LogP contribution in [0.2, 0.25) is 10.1 Å². The number of nitrogens with two attached hydrogens (primary N) is 1. The summed E-state index contributed by atoms with van der Waals surface area (Å²) in [6.45, 7) is 12.2. The number of halogens is 6. The largest absolute Gasteiger partial charge is 0.471 e. The van der Waals surface area contributed by atoms with E-state index in [4.69, 9.17) is 24.1 Å². The molecule has 6 N–H and O–H groups in total. The van der Waals surface area contributed by atoms with Gasteiger partial charge in [0.05, 0.1) is 66.7 Å². The topological polar surface area (TPSA) is 239 Å². The minimum atomic E-state index is -5.02. The van der Waals surface area contributed by atoms with Gasteiger partial charge in [-0.15, -0.1) is 0 Å². The third-order valence-electron chi connectivity index (χ3n) is 16.1. The van der Waals surface area contributed by atoms with Crippen molar-refractivity contribution in [1.29, 1.82) is 0 Å². The highest BCUT2D eigenvalue weighted by Gasteiger charge is 2.53. The average Bonchev–Trinajstić information content (AvgIpc) is 0.947. The van der Waals surface area contributed by atoms with Crippen LogP contribution in [0, 0.1) is 23.7 Å². The highest BCUT2D eigenvalue weighted by atomic mass is 28.4. The van der Waals surface area contributed by atoms with Crippen LogP contribution in [0.4, 0.5) is 38.0 Å². The number of carbonyl (C=O) groups excluding carboxylic acids is 2. The van der Waals surface area contributed by atoms with Gasteiger partial charge < -0.3 is 58.9 Å². The van der Waals surface area contributed by atoms with E-state index in [1.165, 1.54) is 12.7 Å². The van der Waals surface area contributed by atoms with Gasteiger partial charge in [0, 0.05) is 39.3 Å². The molecule has 0 aliphatic carbocycles. The van der Waals surface area contributed by atoms with E-state index in [2.05, 4.69) is 139 Å². The maximum absolute atomic E-state index is 12.7. The van der Waals surface area contributed by atoms with Crippen LogP contribution in [0.5, 0.6) is 0 Å². The van der Waals surface area contributed by atoms with E-state index in [0.29, 0.717) is 33.2 Å². The van der Waals surface area contributed by atoms with E-state index in [-0.39, 0.29) is 47.8 Å². The van der Waals surface area contributed by atoms with Crippen LogP contribution in [-0.2, 0) is 27.9 Å². The van der Waals surface area contributed by atoms with Crippen molar-refractivity contribution >= 4 is 89.2 Å². The monoisotopic (exact) mass is 1330 g/mol. The van der Waals surface area contributed by atoms with Crippen LogP contribution in [0.3, 0.4) is 0 Å². The number of ether oxygens (including phenoxy) is 2. The molecular formula is C67H73F6N11O8Si2. The molecule has 494 valence electrons. The van der Waals surface area contributed by atoms with Crippen molar-refractivity contribution in [3.63, 3.8) is 0 Å². The van der Waals surface area contributed by atoms with Gasteiger partial charge in [-0.3, -0.25) is 9.59 Å². The summed E-state index contributed by atoms with van der Waals surface area (Å²) in [6, 6.07) is 40.7. The summed E-state index contributed by atoms with van der Waals surface area (Å²) >= 11 is 0. The molecule has 2 amide bonds. The molecule has 0 bridgehead atoms. The molecule has 4 aromatic heterocycles. The van der Waals surface area contributed by atoms with Crippen LogP contribution >= 0.6 is 0 Å². The Morgan fingerprint density at radius 2 is 0.979 bits per heavy atom. The number of aliphatic hydroxyl groups is 2. The van der Waals surface area contributed by atoms with Crippen molar-refractivity contribution < 1.29 is 64.5 Å². The van der Waals surface area contributed by atoms with Crippen molar-refractivity contribution in [3.8, 4) is 23.7 Å². The molecule has 0 saturated carbocycles. The first kappa shape index (κ1) is 69.6. The predicted octanol–water partition coefficient (Wildman–Crippen LogP) is 7.18. The van der Waals surface area contributed by atoms with Crippen LogP contribution in [0.1, 0.15) is 78.0 Å². The number of nitrogens with one attached hydrogen (secondary N) is 2. The highest BCUT2D eigenvalue weighted by Crippen LogP contribution is 2.42. The molecule has 4 aromatic carbocycles. The lowest BCUT2D eigenvalue weighted by Gasteiger charge is -2.43. The first-order chi connectivity index (χ1) is 44.5. The second kappa shape index (κ2) is 28.8. The van der Waals surface area contributed by atoms with Crippen molar-refractivity contribution in [2.75, 3.05) is 46.1 Å². The fourth-order valence-electron chi connectivity index (χ4n) is 11.8. The molecule has 94 heavy (non-hydrogen) atoms. The fraction of sp³-hybridized carbons (Fsp3) is 0.358. The third kappa shape index (κ3) is 15.2. The summed E-state index contributed by atoms with van der Waals surface area (Å²) in [5, 5.41) is 30.6. The Kier molecular flexibility index (Phi) is 21.3. The van der Waals surface area contributed by atoms with E-state index in [1.807, 2.05) is 72.8 Å². The lowest BCUT2D eigenvalue weighted by molar-refractivity contribution is -0.173. The number of alkyl halides is 6. The van der Waals surface area contributed by atoms with Crippen LogP contribution in [0.25, 0.3) is 22.1 Å². The summed E-state index contributed by atoms with van der Waals surface area (Å²) in [6.07, 6.45) is -6.57. The number of carbonyl (C=O) groups is 2. The molecule has 8 aromatic rings. The Balaban J connectivity index is 0.000000222. The van der Waals surface area contributed by atoms with Crippen LogP contribution in [0.15, 0.2) is 151 Å². The Hall–Kier alpha value is -8.78. The summed E-state index contributed by atoms with van der Waals surface area (Å²) in [7, 11) is -2.21. The second-order valence-electron chi connectivity index (χ2n) is 24.7. The zero-order valence-corrected chi connectivity index (χ0v) is 54.9. The summed E-state index contributed by atoms with van der Waals surface area (Å²) in [4.78, 5) is 45.7. The number of nitrogens with zero attached hydrogens (tertiary/aromatic N) is 8. The molecule has 2 saturated heterocycles. The molecule has 2 fully saturated rings. The van der Waals surface area contributed by atoms with E-state index in [9.17, 15) is 46.1 Å². The molecule has 10 rings (SSSR count). The van der Waals surface area contributed by atoms with Gasteiger partial charge in [0.25, 0.3) is 16.6 Å². The zero-order valence-electron chi connectivity index (χ0n) is 52.9. The van der Waals surface area contributed by atoms with Gasteiger partial charge in [-0.2, -0.15) is 26.3 Å². The molecule has 6 atom stereocenters. The molecule has 2 aliphatic rings. The number of aliphatic imine (C=N–C) groups is 1. The summed E-state index contributed by atoms with van der Waals surface area (Å²) < 4.78 is 106. The molecule has 0 radical (unpaired) electrons. The van der Waals surface area contributed by atoms with Gasteiger partial charge in [-0.25, -0.2) is 24.9 Å². The molecule has 27 heteroatoms. The van der Waals surface area contributed by atoms with Gasteiger partial charge in [-0.05, 0) is 30.8 Å². The predicted molar refractivity (Wildman–Crippen MR) is 349 cm³/mol. The molecule has 6 heterocycles. The number of hydrogen-bond acceptors (Lipinski definition) is 14. The smallest absolute Gasteiger partial charge is 0.405 e. The fourth-order valence-corrected chi connectivity index (χ4v) is 21.0. The number of benzene rings is 4. The lowest BCUT2D eigenvalue weighted by Crippen LogP contribution is -2.67. The van der Waals surface area contributed by atoms with Gasteiger partial charge >= 0.3 is 24.2 Å². The SMILES string of the molecule is CC(C)(C)[Si](OCC1OC(n2cc(C#CCNC(=O)C(F)(F)F)c3c(N)ncnc32)CC1O)(c1ccccc1)c1ccccc1.CN(C)C=Nc1ncnc2c1c(C#CCNC(=O)C(F)(F)F)cn2C1CC(O)C(CO[Si](c2ccccc2)(c2ccccc2)C(C)(C)C)O1. The number of nitrogen functional groups attached to an aromatic ring is 1.